The third kappa shape index (κ3) is 1.48. The first-order valence-electron chi connectivity index (χ1n) is 4.88. The number of rotatable bonds is 3. The third-order valence-corrected chi connectivity index (χ3v) is 4.89. The Morgan fingerprint density at radius 2 is 2.38 bits per heavy atom. The van der Waals surface area contributed by atoms with Gasteiger partial charge < -0.3 is 5.11 Å². The van der Waals surface area contributed by atoms with Crippen molar-refractivity contribution in [1.82, 2.24) is 4.90 Å². The second-order valence-corrected chi connectivity index (χ2v) is 5.89. The van der Waals surface area contributed by atoms with E-state index in [9.17, 15) is 9.59 Å². The monoisotopic (exact) mass is 257 g/mol. The van der Waals surface area contributed by atoms with Crippen molar-refractivity contribution in [3.8, 4) is 0 Å². The second-order valence-electron chi connectivity index (χ2n) is 3.26. The van der Waals surface area contributed by atoms with Gasteiger partial charge in [0.1, 0.15) is 5.37 Å². The Hall–Kier alpha value is -0.880. The van der Waals surface area contributed by atoms with Gasteiger partial charge in [-0.15, -0.1) is 11.8 Å². The van der Waals surface area contributed by atoms with Crippen LogP contribution in [0.3, 0.4) is 0 Å². The lowest BCUT2D eigenvalue weighted by molar-refractivity contribution is -0.141. The summed E-state index contributed by atoms with van der Waals surface area (Å²) in [5.41, 5.74) is 0.855. The van der Waals surface area contributed by atoms with Crippen molar-refractivity contribution < 1.29 is 14.7 Å². The van der Waals surface area contributed by atoms with Crippen LogP contribution in [0.4, 0.5) is 0 Å². The minimum atomic E-state index is -1.02. The summed E-state index contributed by atoms with van der Waals surface area (Å²) in [7, 11) is 0. The molecule has 2 aliphatic rings. The molecular formula is C10H11NO3S2. The molecule has 6 heteroatoms. The van der Waals surface area contributed by atoms with Gasteiger partial charge in [-0.2, -0.15) is 0 Å². The second kappa shape index (κ2) is 4.18. The van der Waals surface area contributed by atoms with Gasteiger partial charge in [0.25, 0.3) is 5.91 Å². The van der Waals surface area contributed by atoms with E-state index < -0.39 is 5.97 Å². The van der Waals surface area contributed by atoms with Crippen LogP contribution in [0.1, 0.15) is 13.8 Å². The number of carboxylic acid groups (broad SMARTS) is 1. The quantitative estimate of drug-likeness (QED) is 0.617. The van der Waals surface area contributed by atoms with Crippen LogP contribution in [-0.4, -0.2) is 33.0 Å². The van der Waals surface area contributed by atoms with Gasteiger partial charge in [0, 0.05) is 5.57 Å². The number of carbonyl (C=O) groups excluding carboxylic acids is 1. The SMILES string of the molecule is C/C=C1\C(=O)N2C(C(=O)O)=C(SCC)S[C@H]12. The topological polar surface area (TPSA) is 57.6 Å². The van der Waals surface area contributed by atoms with Gasteiger partial charge in [-0.25, -0.2) is 4.79 Å². The van der Waals surface area contributed by atoms with Crippen LogP contribution < -0.4 is 0 Å². The lowest BCUT2D eigenvalue weighted by atomic mass is 10.1. The molecule has 0 aliphatic carbocycles. The number of aliphatic carboxylic acids is 1. The zero-order chi connectivity index (χ0) is 11.9. The summed E-state index contributed by atoms with van der Waals surface area (Å²) in [6.45, 7) is 3.77. The van der Waals surface area contributed by atoms with Crippen molar-refractivity contribution in [2.75, 3.05) is 5.75 Å². The molecule has 1 N–H and O–H groups in total. The maximum absolute atomic E-state index is 11.7. The molecule has 0 bridgehead atoms. The number of nitrogens with zero attached hydrogens (tertiary/aromatic N) is 1. The summed E-state index contributed by atoms with van der Waals surface area (Å²) >= 11 is 2.93. The predicted octanol–water partition coefficient (Wildman–Crippen LogP) is 1.85. The van der Waals surface area contributed by atoms with Crippen LogP contribution in [0.25, 0.3) is 0 Å². The van der Waals surface area contributed by atoms with E-state index in [0.29, 0.717) is 5.57 Å². The van der Waals surface area contributed by atoms with E-state index >= 15 is 0 Å². The lowest BCUT2D eigenvalue weighted by Gasteiger charge is -2.36. The molecule has 2 aliphatic heterocycles. The number of thioether (sulfide) groups is 2. The fraction of sp³-hybridized carbons (Fsp3) is 0.400. The van der Waals surface area contributed by atoms with Gasteiger partial charge in [-0.05, 0) is 12.7 Å². The zero-order valence-corrected chi connectivity index (χ0v) is 10.5. The number of amides is 1. The molecule has 1 saturated heterocycles. The van der Waals surface area contributed by atoms with Crippen molar-refractivity contribution in [2.24, 2.45) is 0 Å². The Balaban J connectivity index is 2.33. The average molecular weight is 257 g/mol. The van der Waals surface area contributed by atoms with Crippen LogP contribution in [0.2, 0.25) is 0 Å². The number of β-lactam (4-membered cyclic amide) rings is 1. The maximum Gasteiger partial charge on any atom is 0.354 e. The molecule has 0 aromatic rings. The van der Waals surface area contributed by atoms with Crippen LogP contribution in [0.5, 0.6) is 0 Å². The Bertz CT molecular complexity index is 428. The van der Waals surface area contributed by atoms with Crippen molar-refractivity contribution >= 4 is 35.4 Å². The lowest BCUT2D eigenvalue weighted by Crippen LogP contribution is -2.51. The highest BCUT2D eigenvalue weighted by molar-refractivity contribution is 8.22. The highest BCUT2D eigenvalue weighted by Gasteiger charge is 2.52. The fourth-order valence-electron chi connectivity index (χ4n) is 1.70. The van der Waals surface area contributed by atoms with Gasteiger partial charge in [0.05, 0.1) is 4.24 Å². The third-order valence-electron chi connectivity index (χ3n) is 2.41. The van der Waals surface area contributed by atoms with Crippen LogP contribution in [0, 0.1) is 0 Å². The number of fused-ring (bicyclic) bond motifs is 1. The maximum atomic E-state index is 11.7. The molecular weight excluding hydrogens is 246 g/mol. The first kappa shape index (κ1) is 11.6. The molecule has 0 saturated carbocycles. The normalized spacial score (nSPS) is 26.1. The molecule has 2 rings (SSSR count). The van der Waals surface area contributed by atoms with Gasteiger partial charge in [0.15, 0.2) is 5.70 Å². The molecule has 0 unspecified atom stereocenters. The molecule has 0 spiro atoms. The predicted molar refractivity (Wildman–Crippen MR) is 64.8 cm³/mol. The summed E-state index contributed by atoms with van der Waals surface area (Å²) in [6, 6.07) is 0. The van der Waals surface area contributed by atoms with E-state index in [-0.39, 0.29) is 17.0 Å². The average Bonchev–Trinajstić information content (AvgIpc) is 2.55. The van der Waals surface area contributed by atoms with Crippen LogP contribution >= 0.6 is 23.5 Å². The Morgan fingerprint density at radius 3 is 2.88 bits per heavy atom. The van der Waals surface area contributed by atoms with Crippen molar-refractivity contribution in [1.29, 1.82) is 0 Å². The Labute approximate surface area is 102 Å². The number of allylic oxidation sites excluding steroid dienone is 1. The van der Waals surface area contributed by atoms with Crippen LogP contribution in [-0.2, 0) is 9.59 Å². The number of hydrogen-bond acceptors (Lipinski definition) is 4. The largest absolute Gasteiger partial charge is 0.477 e. The smallest absolute Gasteiger partial charge is 0.354 e. The summed E-state index contributed by atoms with van der Waals surface area (Å²) in [5, 5.41) is 9.00. The van der Waals surface area contributed by atoms with Gasteiger partial charge in [-0.1, -0.05) is 24.8 Å². The highest BCUT2D eigenvalue weighted by atomic mass is 32.2. The molecule has 1 amide bonds. The summed E-state index contributed by atoms with van der Waals surface area (Å²) in [4.78, 5) is 24.2. The molecule has 2 heterocycles. The molecule has 16 heavy (non-hydrogen) atoms. The van der Waals surface area contributed by atoms with E-state index in [2.05, 4.69) is 0 Å². The number of carbonyl (C=O) groups is 2. The van der Waals surface area contributed by atoms with Crippen molar-refractivity contribution in [3.63, 3.8) is 0 Å². The molecule has 0 radical (unpaired) electrons. The molecule has 1 fully saturated rings. The summed E-state index contributed by atoms with van der Waals surface area (Å²) < 4.78 is 0.741. The standard InChI is InChI=1S/C10H11NO3S2/c1-3-5-7(12)11-6(9(13)14)10(15-4-2)16-8(5)11/h3,8H,4H2,1-2H3,(H,13,14)/b5-3+/t8-/m1/s1. The van der Waals surface area contributed by atoms with Gasteiger partial charge >= 0.3 is 5.97 Å². The Morgan fingerprint density at radius 1 is 1.69 bits per heavy atom. The minimum Gasteiger partial charge on any atom is -0.477 e. The fourth-order valence-corrected chi connectivity index (χ4v) is 4.36. The molecule has 86 valence electrons. The van der Waals surface area contributed by atoms with Crippen molar-refractivity contribution in [2.45, 2.75) is 19.2 Å². The van der Waals surface area contributed by atoms with E-state index in [0.717, 1.165) is 9.99 Å². The van der Waals surface area contributed by atoms with Gasteiger partial charge in [-0.3, -0.25) is 9.69 Å². The number of carboxylic acids is 1. The summed E-state index contributed by atoms with van der Waals surface area (Å²) in [5.74, 6) is -0.391. The minimum absolute atomic E-state index is 0.113. The summed E-state index contributed by atoms with van der Waals surface area (Å²) in [6.07, 6.45) is 1.76. The molecule has 4 nitrogen and oxygen atoms in total. The highest BCUT2D eigenvalue weighted by Crippen LogP contribution is 2.52. The Kier molecular flexibility index (Phi) is 3.03. The number of hydrogen-bond donors (Lipinski definition) is 1. The zero-order valence-electron chi connectivity index (χ0n) is 8.89. The van der Waals surface area contributed by atoms with E-state index in [1.165, 1.54) is 28.4 Å². The van der Waals surface area contributed by atoms with Crippen LogP contribution in [0.15, 0.2) is 21.6 Å². The first-order valence-corrected chi connectivity index (χ1v) is 6.75. The molecule has 0 aromatic carbocycles. The molecule has 1 atom stereocenters. The van der Waals surface area contributed by atoms with E-state index in [4.69, 9.17) is 5.11 Å². The van der Waals surface area contributed by atoms with Gasteiger partial charge in [0.2, 0.25) is 0 Å². The van der Waals surface area contributed by atoms with E-state index in [1.54, 1.807) is 13.0 Å². The molecule has 0 aromatic heterocycles. The van der Waals surface area contributed by atoms with E-state index in [1.807, 2.05) is 6.92 Å². The first-order chi connectivity index (χ1) is 7.61. The van der Waals surface area contributed by atoms with Crippen molar-refractivity contribution in [3.05, 3.63) is 21.6 Å².